The molecule has 0 aliphatic carbocycles. The lowest BCUT2D eigenvalue weighted by Gasteiger charge is -2.13. The van der Waals surface area contributed by atoms with Gasteiger partial charge in [-0.3, -0.25) is 0 Å². The average Bonchev–Trinajstić information content (AvgIpc) is 3.17. The fraction of sp³-hybridized carbons (Fsp3) is 0.250. The van der Waals surface area contributed by atoms with Crippen LogP contribution in [0.1, 0.15) is 33.3 Å². The number of benzene rings is 2. The van der Waals surface area contributed by atoms with Crippen molar-refractivity contribution in [3.05, 3.63) is 75.8 Å². The fourth-order valence-corrected chi connectivity index (χ4v) is 2.93. The highest BCUT2D eigenvalue weighted by atomic mass is 35.5. The third-order valence-corrected chi connectivity index (χ3v) is 4.22. The van der Waals surface area contributed by atoms with Crippen molar-refractivity contribution in [2.75, 3.05) is 20.3 Å². The van der Waals surface area contributed by atoms with E-state index < -0.39 is 5.97 Å². The van der Waals surface area contributed by atoms with Gasteiger partial charge in [-0.25, -0.2) is 4.79 Å². The molecule has 0 amide bonds. The molecule has 0 aromatic heterocycles. The Morgan fingerprint density at radius 3 is 2.76 bits per heavy atom. The molecule has 1 aliphatic rings. The maximum absolute atomic E-state index is 11.9. The Morgan fingerprint density at radius 1 is 1.24 bits per heavy atom. The van der Waals surface area contributed by atoms with Crippen LogP contribution in [-0.4, -0.2) is 26.3 Å². The summed E-state index contributed by atoms with van der Waals surface area (Å²) in [6, 6.07) is 13.2. The summed E-state index contributed by atoms with van der Waals surface area (Å²) in [5, 5.41) is 0.499. The molecule has 0 radical (unpaired) electrons. The Morgan fingerprint density at radius 2 is 2.00 bits per heavy atom. The molecular formula is C20H19ClO4. The Bertz CT molecular complexity index is 779. The van der Waals surface area contributed by atoms with Crippen LogP contribution in [0.4, 0.5) is 0 Å². The van der Waals surface area contributed by atoms with Crippen LogP contribution >= 0.6 is 11.6 Å². The lowest BCUT2D eigenvalue weighted by atomic mass is 10.0. The van der Waals surface area contributed by atoms with E-state index in [9.17, 15) is 4.79 Å². The Hall–Kier alpha value is -2.14. The number of ether oxygens (including phenoxy) is 3. The van der Waals surface area contributed by atoms with Gasteiger partial charge in [0.15, 0.2) is 6.29 Å². The molecule has 2 aromatic carbocycles. The SMILES string of the molecule is COC(=O)c1cc(Cl)ccc1C=CCc1ccccc1C1OCCO1. The predicted molar refractivity (Wildman–Crippen MR) is 96.6 cm³/mol. The van der Waals surface area contributed by atoms with Crippen molar-refractivity contribution in [1.82, 2.24) is 0 Å². The minimum atomic E-state index is -0.407. The van der Waals surface area contributed by atoms with Crippen molar-refractivity contribution in [2.45, 2.75) is 12.7 Å². The van der Waals surface area contributed by atoms with Crippen molar-refractivity contribution in [1.29, 1.82) is 0 Å². The Labute approximate surface area is 152 Å². The number of esters is 1. The quantitative estimate of drug-likeness (QED) is 0.742. The molecule has 2 aromatic rings. The molecule has 0 saturated carbocycles. The highest BCUT2D eigenvalue weighted by Gasteiger charge is 2.20. The van der Waals surface area contributed by atoms with E-state index in [-0.39, 0.29) is 6.29 Å². The first-order valence-electron chi connectivity index (χ1n) is 8.04. The molecule has 5 heteroatoms. The summed E-state index contributed by atoms with van der Waals surface area (Å²) in [5.41, 5.74) is 3.37. The van der Waals surface area contributed by atoms with E-state index in [4.69, 9.17) is 25.8 Å². The van der Waals surface area contributed by atoms with Gasteiger partial charge >= 0.3 is 5.97 Å². The molecule has 1 saturated heterocycles. The summed E-state index contributed by atoms with van der Waals surface area (Å²) in [5.74, 6) is -0.407. The van der Waals surface area contributed by atoms with Gasteiger partial charge in [0.05, 0.1) is 25.9 Å². The van der Waals surface area contributed by atoms with Crippen LogP contribution < -0.4 is 0 Å². The van der Waals surface area contributed by atoms with Crippen LogP contribution in [0.5, 0.6) is 0 Å². The van der Waals surface area contributed by atoms with Gasteiger partial charge in [0, 0.05) is 10.6 Å². The summed E-state index contributed by atoms with van der Waals surface area (Å²) in [6.45, 7) is 1.23. The lowest BCUT2D eigenvalue weighted by molar-refractivity contribution is -0.0446. The van der Waals surface area contributed by atoms with E-state index in [0.717, 1.165) is 16.7 Å². The van der Waals surface area contributed by atoms with Gasteiger partial charge in [0.25, 0.3) is 0 Å². The third kappa shape index (κ3) is 4.28. The van der Waals surface area contributed by atoms with Crippen LogP contribution in [-0.2, 0) is 20.6 Å². The van der Waals surface area contributed by atoms with E-state index in [1.807, 2.05) is 36.4 Å². The Balaban J connectivity index is 1.79. The number of methoxy groups -OCH3 is 1. The van der Waals surface area contributed by atoms with Crippen LogP contribution in [0.3, 0.4) is 0 Å². The zero-order chi connectivity index (χ0) is 17.6. The smallest absolute Gasteiger partial charge is 0.338 e. The number of carbonyl (C=O) groups excluding carboxylic acids is 1. The largest absolute Gasteiger partial charge is 0.465 e. The highest BCUT2D eigenvalue weighted by Crippen LogP contribution is 2.27. The second-order valence-corrected chi connectivity index (χ2v) is 6.04. The first-order valence-corrected chi connectivity index (χ1v) is 8.42. The molecule has 0 spiro atoms. The maximum Gasteiger partial charge on any atom is 0.338 e. The van der Waals surface area contributed by atoms with Crippen molar-refractivity contribution in [3.63, 3.8) is 0 Å². The van der Waals surface area contributed by atoms with Crippen LogP contribution in [0.25, 0.3) is 6.08 Å². The molecule has 0 N–H and O–H groups in total. The monoisotopic (exact) mass is 358 g/mol. The zero-order valence-electron chi connectivity index (χ0n) is 13.9. The molecule has 0 atom stereocenters. The van der Waals surface area contributed by atoms with Crippen molar-refractivity contribution in [3.8, 4) is 0 Å². The van der Waals surface area contributed by atoms with Crippen LogP contribution in [0.2, 0.25) is 5.02 Å². The van der Waals surface area contributed by atoms with Crippen molar-refractivity contribution < 1.29 is 19.0 Å². The molecule has 25 heavy (non-hydrogen) atoms. The van der Waals surface area contributed by atoms with E-state index in [2.05, 4.69) is 0 Å². The van der Waals surface area contributed by atoms with Gasteiger partial charge in [-0.15, -0.1) is 0 Å². The van der Waals surface area contributed by atoms with Crippen LogP contribution in [0, 0.1) is 0 Å². The number of rotatable bonds is 5. The van der Waals surface area contributed by atoms with E-state index in [1.165, 1.54) is 7.11 Å². The van der Waals surface area contributed by atoms with Gasteiger partial charge in [-0.05, 0) is 29.7 Å². The van der Waals surface area contributed by atoms with E-state index in [0.29, 0.717) is 30.2 Å². The topological polar surface area (TPSA) is 44.8 Å². The van der Waals surface area contributed by atoms with Crippen molar-refractivity contribution >= 4 is 23.6 Å². The minimum absolute atomic E-state index is 0.300. The second-order valence-electron chi connectivity index (χ2n) is 5.60. The first kappa shape index (κ1) is 17.7. The molecule has 1 fully saturated rings. The fourth-order valence-electron chi connectivity index (χ4n) is 2.76. The number of halogens is 1. The predicted octanol–water partition coefficient (Wildman–Crippen LogP) is 4.43. The van der Waals surface area contributed by atoms with Gasteiger partial charge in [-0.2, -0.15) is 0 Å². The van der Waals surface area contributed by atoms with Gasteiger partial charge in [0.1, 0.15) is 0 Å². The summed E-state index contributed by atoms with van der Waals surface area (Å²) < 4.78 is 16.0. The normalized spacial score (nSPS) is 15.0. The zero-order valence-corrected chi connectivity index (χ0v) is 14.7. The number of carbonyl (C=O) groups is 1. The van der Waals surface area contributed by atoms with Crippen LogP contribution in [0.15, 0.2) is 48.5 Å². The minimum Gasteiger partial charge on any atom is -0.465 e. The van der Waals surface area contributed by atoms with Gasteiger partial charge in [0.2, 0.25) is 0 Å². The molecule has 0 unspecified atom stereocenters. The van der Waals surface area contributed by atoms with E-state index >= 15 is 0 Å². The molecule has 0 bridgehead atoms. The third-order valence-electron chi connectivity index (χ3n) is 3.99. The van der Waals surface area contributed by atoms with Gasteiger partial charge < -0.3 is 14.2 Å². The van der Waals surface area contributed by atoms with E-state index in [1.54, 1.807) is 18.2 Å². The molecule has 1 aliphatic heterocycles. The standard InChI is InChI=1S/C20H19ClO4/c1-23-19(22)18-13-16(21)10-9-15(18)7-4-6-14-5-2-3-8-17(14)20-24-11-12-25-20/h2-5,7-10,13,20H,6,11-12H2,1H3. The number of hydrogen-bond donors (Lipinski definition) is 0. The Kier molecular flexibility index (Phi) is 5.87. The average molecular weight is 359 g/mol. The maximum atomic E-state index is 11.9. The second kappa shape index (κ2) is 8.30. The molecule has 130 valence electrons. The molecule has 4 nitrogen and oxygen atoms in total. The summed E-state index contributed by atoms with van der Waals surface area (Å²) in [4.78, 5) is 11.9. The van der Waals surface area contributed by atoms with Gasteiger partial charge in [-0.1, -0.05) is 54.1 Å². The summed E-state index contributed by atoms with van der Waals surface area (Å²) in [7, 11) is 1.36. The molecule has 3 rings (SSSR count). The first-order chi connectivity index (χ1) is 12.2. The summed E-state index contributed by atoms with van der Waals surface area (Å²) >= 11 is 5.98. The number of allylic oxidation sites excluding steroid dienone is 1. The van der Waals surface area contributed by atoms with Crippen molar-refractivity contribution in [2.24, 2.45) is 0 Å². The molecule has 1 heterocycles. The molecular weight excluding hydrogens is 340 g/mol. The lowest BCUT2D eigenvalue weighted by Crippen LogP contribution is -2.04. The summed E-state index contributed by atoms with van der Waals surface area (Å²) in [6.07, 6.45) is 4.30. The number of hydrogen-bond acceptors (Lipinski definition) is 4. The highest BCUT2D eigenvalue weighted by molar-refractivity contribution is 6.31.